The lowest BCUT2D eigenvalue weighted by molar-refractivity contribution is 0.102. The van der Waals surface area contributed by atoms with Gasteiger partial charge in [0.2, 0.25) is 0 Å². The van der Waals surface area contributed by atoms with Gasteiger partial charge in [-0.15, -0.1) is 11.3 Å². The van der Waals surface area contributed by atoms with Gasteiger partial charge in [0, 0.05) is 12.7 Å². The molecule has 3 aromatic heterocycles. The lowest BCUT2D eigenvalue weighted by atomic mass is 10.2. The van der Waals surface area contributed by atoms with E-state index in [0.717, 1.165) is 12.8 Å². The van der Waals surface area contributed by atoms with Crippen LogP contribution in [0.2, 0.25) is 0 Å². The smallest absolute Gasteiger partial charge is 0.267 e. The average Bonchev–Trinajstić information content (AvgIpc) is 3.05. The molecule has 0 fully saturated rings. The molecule has 24 heavy (non-hydrogen) atoms. The first kappa shape index (κ1) is 16.2. The highest BCUT2D eigenvalue weighted by Crippen LogP contribution is 2.31. The van der Waals surface area contributed by atoms with Crippen LogP contribution in [0.4, 0.5) is 5.69 Å². The highest BCUT2D eigenvalue weighted by atomic mass is 32.1. The van der Waals surface area contributed by atoms with Crippen LogP contribution in [0.5, 0.6) is 5.75 Å². The van der Waals surface area contributed by atoms with Gasteiger partial charge in [-0.05, 0) is 30.0 Å². The lowest BCUT2D eigenvalue weighted by Gasteiger charge is -2.12. The zero-order valence-electron chi connectivity index (χ0n) is 13.2. The van der Waals surface area contributed by atoms with Crippen molar-refractivity contribution in [1.29, 1.82) is 0 Å². The zero-order chi connectivity index (χ0) is 17.1. The largest absolute Gasteiger partial charge is 0.505 e. The predicted molar refractivity (Wildman–Crippen MR) is 94.8 cm³/mol. The number of aryl methyl sites for hydroxylation is 1. The number of fused-ring (bicyclic) bond motifs is 1. The Morgan fingerprint density at radius 3 is 2.96 bits per heavy atom. The van der Waals surface area contributed by atoms with Crippen LogP contribution >= 0.6 is 11.3 Å². The second-order valence-electron chi connectivity index (χ2n) is 5.36. The molecule has 7 heteroatoms. The summed E-state index contributed by atoms with van der Waals surface area (Å²) in [4.78, 5) is 29.2. The first-order chi connectivity index (χ1) is 11.6. The second kappa shape index (κ2) is 6.84. The summed E-state index contributed by atoms with van der Waals surface area (Å²) in [5.41, 5.74) is 0.416. The Morgan fingerprint density at radius 1 is 1.42 bits per heavy atom. The number of nitrogens with zero attached hydrogens (tertiary/aromatic N) is 2. The van der Waals surface area contributed by atoms with E-state index in [-0.39, 0.29) is 11.3 Å². The Kier molecular flexibility index (Phi) is 4.61. The summed E-state index contributed by atoms with van der Waals surface area (Å²) in [6.45, 7) is 2.54. The third-order valence-electron chi connectivity index (χ3n) is 3.73. The summed E-state index contributed by atoms with van der Waals surface area (Å²) in [6.07, 6.45) is 4.81. The van der Waals surface area contributed by atoms with Crippen molar-refractivity contribution in [3.63, 3.8) is 0 Å². The Labute approximate surface area is 142 Å². The monoisotopic (exact) mass is 343 g/mol. The van der Waals surface area contributed by atoms with Crippen LogP contribution in [0, 0.1) is 0 Å². The number of aromatic nitrogens is 2. The summed E-state index contributed by atoms with van der Waals surface area (Å²) in [7, 11) is 0. The molecule has 3 rings (SSSR count). The molecule has 0 aromatic carbocycles. The van der Waals surface area contributed by atoms with Crippen LogP contribution in [-0.2, 0) is 6.54 Å². The molecule has 3 heterocycles. The number of carbonyl (C=O) groups excluding carboxylic acids is 1. The third-order valence-corrected chi connectivity index (χ3v) is 4.64. The van der Waals surface area contributed by atoms with E-state index in [1.807, 2.05) is 6.92 Å². The maximum atomic E-state index is 12.8. The van der Waals surface area contributed by atoms with Crippen molar-refractivity contribution >= 4 is 33.1 Å². The molecule has 2 N–H and O–H groups in total. The molecular formula is C17H17N3O3S. The van der Waals surface area contributed by atoms with Gasteiger partial charge in [-0.1, -0.05) is 13.3 Å². The summed E-state index contributed by atoms with van der Waals surface area (Å²) in [5.74, 6) is -0.898. The van der Waals surface area contributed by atoms with Gasteiger partial charge in [-0.3, -0.25) is 14.6 Å². The zero-order valence-corrected chi connectivity index (χ0v) is 14.0. The van der Waals surface area contributed by atoms with E-state index >= 15 is 0 Å². The Hall–Kier alpha value is -2.67. The molecule has 0 aliphatic rings. The number of nitrogens with one attached hydrogen (secondary N) is 1. The molecule has 0 aliphatic carbocycles. The number of hydrogen-bond acceptors (Lipinski definition) is 5. The van der Waals surface area contributed by atoms with Crippen LogP contribution in [-0.4, -0.2) is 20.6 Å². The number of thiophene rings is 1. The molecule has 0 radical (unpaired) electrons. The maximum absolute atomic E-state index is 12.8. The van der Waals surface area contributed by atoms with Crippen molar-refractivity contribution in [2.45, 2.75) is 26.3 Å². The summed E-state index contributed by atoms with van der Waals surface area (Å²) < 4.78 is 2.11. The van der Waals surface area contributed by atoms with E-state index < -0.39 is 11.5 Å². The SMILES string of the molecule is CCCCn1c(=O)c(C(=O)Nc2cccnc2)c(O)c2sccc21. The van der Waals surface area contributed by atoms with E-state index in [1.54, 1.807) is 34.3 Å². The van der Waals surface area contributed by atoms with Gasteiger partial charge in [0.25, 0.3) is 11.5 Å². The van der Waals surface area contributed by atoms with Crippen LogP contribution in [0.3, 0.4) is 0 Å². The lowest BCUT2D eigenvalue weighted by Crippen LogP contribution is -2.29. The number of unbranched alkanes of at least 4 members (excludes halogenated alkanes) is 1. The molecule has 3 aromatic rings. The molecule has 1 amide bonds. The molecule has 0 unspecified atom stereocenters. The number of pyridine rings is 2. The minimum Gasteiger partial charge on any atom is -0.505 e. The van der Waals surface area contributed by atoms with Crippen LogP contribution < -0.4 is 10.9 Å². The normalized spacial score (nSPS) is 10.9. The van der Waals surface area contributed by atoms with Gasteiger partial charge in [0.05, 0.1) is 22.1 Å². The fourth-order valence-corrected chi connectivity index (χ4v) is 3.37. The van der Waals surface area contributed by atoms with Crippen LogP contribution in [0.15, 0.2) is 40.8 Å². The van der Waals surface area contributed by atoms with Crippen LogP contribution in [0.1, 0.15) is 30.1 Å². The van der Waals surface area contributed by atoms with E-state index in [2.05, 4.69) is 10.3 Å². The summed E-state index contributed by atoms with van der Waals surface area (Å²) in [6, 6.07) is 5.14. The quantitative estimate of drug-likeness (QED) is 0.745. The number of aromatic hydroxyl groups is 1. The van der Waals surface area contributed by atoms with Gasteiger partial charge in [0.15, 0.2) is 5.75 Å². The van der Waals surface area contributed by atoms with E-state index in [0.29, 0.717) is 22.4 Å². The molecule has 0 saturated heterocycles. The fraction of sp³-hybridized carbons (Fsp3) is 0.235. The van der Waals surface area contributed by atoms with Gasteiger partial charge in [-0.25, -0.2) is 0 Å². The van der Waals surface area contributed by atoms with E-state index in [9.17, 15) is 14.7 Å². The van der Waals surface area contributed by atoms with Crippen molar-refractivity contribution in [2.75, 3.05) is 5.32 Å². The molecule has 0 spiro atoms. The average molecular weight is 343 g/mol. The molecule has 0 atom stereocenters. The second-order valence-corrected chi connectivity index (χ2v) is 6.28. The van der Waals surface area contributed by atoms with Gasteiger partial charge in [-0.2, -0.15) is 0 Å². The van der Waals surface area contributed by atoms with Crippen molar-refractivity contribution in [3.05, 3.63) is 51.9 Å². The molecule has 0 bridgehead atoms. The predicted octanol–water partition coefficient (Wildman–Crippen LogP) is 3.22. The number of carbonyl (C=O) groups is 1. The highest BCUT2D eigenvalue weighted by molar-refractivity contribution is 7.17. The summed E-state index contributed by atoms with van der Waals surface area (Å²) in [5, 5.41) is 14.8. The molecule has 6 nitrogen and oxygen atoms in total. The molecule has 124 valence electrons. The first-order valence-electron chi connectivity index (χ1n) is 7.67. The van der Waals surface area contributed by atoms with Crippen molar-refractivity contribution in [1.82, 2.24) is 9.55 Å². The fourth-order valence-electron chi connectivity index (χ4n) is 2.52. The first-order valence-corrected chi connectivity index (χ1v) is 8.55. The molecular weight excluding hydrogens is 326 g/mol. The van der Waals surface area contributed by atoms with Crippen molar-refractivity contribution in [2.24, 2.45) is 0 Å². The highest BCUT2D eigenvalue weighted by Gasteiger charge is 2.23. The van der Waals surface area contributed by atoms with Crippen molar-refractivity contribution < 1.29 is 9.90 Å². The Balaban J connectivity index is 2.09. The number of amides is 1. The summed E-state index contributed by atoms with van der Waals surface area (Å²) >= 11 is 1.31. The minimum atomic E-state index is -0.633. The molecule has 0 saturated carbocycles. The Morgan fingerprint density at radius 2 is 2.25 bits per heavy atom. The third kappa shape index (κ3) is 2.90. The topological polar surface area (TPSA) is 84.2 Å². The van der Waals surface area contributed by atoms with E-state index in [4.69, 9.17) is 0 Å². The van der Waals surface area contributed by atoms with E-state index in [1.165, 1.54) is 17.5 Å². The Bertz CT molecular complexity index is 931. The van der Waals surface area contributed by atoms with Gasteiger partial charge < -0.3 is 15.0 Å². The maximum Gasteiger partial charge on any atom is 0.267 e. The number of anilines is 1. The minimum absolute atomic E-state index is 0.232. The van der Waals surface area contributed by atoms with Crippen molar-refractivity contribution in [3.8, 4) is 5.75 Å². The molecule has 0 aliphatic heterocycles. The number of rotatable bonds is 5. The van der Waals surface area contributed by atoms with Gasteiger partial charge in [0.1, 0.15) is 5.56 Å². The van der Waals surface area contributed by atoms with Gasteiger partial charge >= 0.3 is 0 Å². The van der Waals surface area contributed by atoms with Crippen LogP contribution in [0.25, 0.3) is 10.2 Å². The standard InChI is InChI=1S/C17H17N3O3S/c1-2-3-8-20-12-6-9-24-15(12)14(21)13(17(20)23)16(22)19-11-5-4-7-18-10-11/h4-7,9-10,21H,2-3,8H2,1H3,(H,19,22). The number of hydrogen-bond donors (Lipinski definition) is 2.